The summed E-state index contributed by atoms with van der Waals surface area (Å²) >= 11 is 1.58. The van der Waals surface area contributed by atoms with Crippen LogP contribution in [0.1, 0.15) is 168 Å². The van der Waals surface area contributed by atoms with Crippen LogP contribution in [0.4, 0.5) is 0 Å². The Balaban J connectivity index is 3.93. The van der Waals surface area contributed by atoms with Crippen LogP contribution >= 0.6 is 11.8 Å². The third-order valence-electron chi connectivity index (χ3n) is 7.26. The number of carbonyl (C=O) groups is 2. The summed E-state index contributed by atoms with van der Waals surface area (Å²) < 4.78 is 5.64. The number of carboxylic acid groups (broad SMARTS) is 1. The number of rotatable bonds is 30. The molecule has 0 aromatic carbocycles. The fourth-order valence-corrected chi connectivity index (χ4v) is 5.84. The number of thioether (sulfide) groups is 1. The number of esters is 1. The van der Waals surface area contributed by atoms with Crippen molar-refractivity contribution in [2.45, 2.75) is 168 Å². The molecule has 4 nitrogen and oxygen atoms in total. The van der Waals surface area contributed by atoms with Gasteiger partial charge < -0.3 is 9.84 Å². The van der Waals surface area contributed by atoms with Crippen LogP contribution in [0, 0.1) is 5.92 Å². The van der Waals surface area contributed by atoms with E-state index >= 15 is 0 Å². The second-order valence-corrected chi connectivity index (χ2v) is 12.1. The smallest absolute Gasteiger partial charge is 0.309 e. The molecule has 0 aromatic rings. The van der Waals surface area contributed by atoms with Crippen LogP contribution in [0.3, 0.4) is 0 Å². The lowest BCUT2D eigenvalue weighted by Gasteiger charge is -2.16. The summed E-state index contributed by atoms with van der Waals surface area (Å²) in [5.41, 5.74) is 0. The van der Waals surface area contributed by atoms with Crippen LogP contribution in [0.2, 0.25) is 0 Å². The van der Waals surface area contributed by atoms with Crippen LogP contribution in [-0.4, -0.2) is 35.2 Å². The second kappa shape index (κ2) is 29.8. The fraction of sp³-hybridized carbons (Fsp3) is 0.938. The third-order valence-corrected chi connectivity index (χ3v) is 8.39. The van der Waals surface area contributed by atoms with Crippen LogP contribution in [0.15, 0.2) is 0 Å². The molecule has 0 heterocycles. The molecule has 0 radical (unpaired) electrons. The van der Waals surface area contributed by atoms with Gasteiger partial charge in [0, 0.05) is 11.5 Å². The van der Waals surface area contributed by atoms with E-state index in [2.05, 4.69) is 13.8 Å². The summed E-state index contributed by atoms with van der Waals surface area (Å²) in [5, 5.41) is 8.88. The fourth-order valence-electron chi connectivity index (χ4n) is 4.77. The lowest BCUT2D eigenvalue weighted by Crippen LogP contribution is -2.21. The van der Waals surface area contributed by atoms with Crippen molar-refractivity contribution >= 4 is 23.7 Å². The number of carbonyl (C=O) groups excluding carboxylic acids is 1. The number of aliphatic carboxylic acids is 1. The van der Waals surface area contributed by atoms with Gasteiger partial charge in [0.15, 0.2) is 0 Å². The minimum absolute atomic E-state index is 0.0678. The third kappa shape index (κ3) is 28.1. The van der Waals surface area contributed by atoms with E-state index in [4.69, 9.17) is 9.84 Å². The maximum atomic E-state index is 12.7. The molecule has 1 N–H and O–H groups in total. The summed E-state index contributed by atoms with van der Waals surface area (Å²) in [6.45, 7) is 5.06. The monoisotopic (exact) mass is 542 g/mol. The lowest BCUT2D eigenvalue weighted by molar-refractivity contribution is -0.148. The average Bonchev–Trinajstić information content (AvgIpc) is 2.88. The molecule has 0 aromatic heterocycles. The number of hydrogen-bond acceptors (Lipinski definition) is 4. The SMILES string of the molecule is CCCCCCCCCCCCCCC(CSCCC(=O)O)C(=O)OCCCCCCCCCCCC. The minimum Gasteiger partial charge on any atom is -0.481 e. The van der Waals surface area contributed by atoms with E-state index in [0.717, 1.165) is 25.7 Å². The van der Waals surface area contributed by atoms with Crippen LogP contribution in [0.5, 0.6) is 0 Å². The zero-order valence-electron chi connectivity index (χ0n) is 24.7. The summed E-state index contributed by atoms with van der Waals surface area (Å²) in [5.74, 6) is 0.318. The van der Waals surface area contributed by atoms with Crippen molar-refractivity contribution in [3.63, 3.8) is 0 Å². The Morgan fingerprint density at radius 3 is 1.46 bits per heavy atom. The number of carboxylic acids is 1. The number of ether oxygens (including phenoxy) is 1. The maximum absolute atomic E-state index is 12.7. The standard InChI is InChI=1S/C32H62O4S/c1-3-5-7-9-11-13-15-16-17-19-21-23-25-30(29-37-28-26-31(33)34)32(35)36-27-24-22-20-18-14-12-10-8-6-4-2/h30H,3-29H2,1-2H3,(H,33,34). The first-order chi connectivity index (χ1) is 18.1. The Morgan fingerprint density at radius 1 is 0.622 bits per heavy atom. The predicted molar refractivity (Wildman–Crippen MR) is 162 cm³/mol. The van der Waals surface area contributed by atoms with Crippen LogP contribution < -0.4 is 0 Å². The largest absolute Gasteiger partial charge is 0.481 e. The molecule has 1 unspecified atom stereocenters. The van der Waals surface area contributed by atoms with Crippen molar-refractivity contribution in [1.29, 1.82) is 0 Å². The first-order valence-electron chi connectivity index (χ1n) is 16.1. The van der Waals surface area contributed by atoms with Crippen molar-refractivity contribution in [3.8, 4) is 0 Å². The van der Waals surface area contributed by atoms with Crippen molar-refractivity contribution in [2.24, 2.45) is 5.92 Å². The van der Waals surface area contributed by atoms with Crippen LogP contribution in [0.25, 0.3) is 0 Å². The molecule has 0 spiro atoms. The Labute approximate surface area is 234 Å². The predicted octanol–water partition coefficient (Wildman–Crippen LogP) is 10.4. The first-order valence-corrected chi connectivity index (χ1v) is 17.2. The molecular weight excluding hydrogens is 480 g/mol. The molecule has 0 aliphatic carbocycles. The summed E-state index contributed by atoms with van der Waals surface area (Å²) in [6, 6.07) is 0. The van der Waals surface area contributed by atoms with E-state index < -0.39 is 5.97 Å². The first kappa shape index (κ1) is 36.3. The zero-order chi connectivity index (χ0) is 27.2. The molecule has 0 amide bonds. The maximum Gasteiger partial charge on any atom is 0.309 e. The molecule has 0 bridgehead atoms. The second-order valence-electron chi connectivity index (χ2n) is 10.9. The van der Waals surface area contributed by atoms with E-state index in [1.54, 1.807) is 11.8 Å². The van der Waals surface area contributed by atoms with Crippen molar-refractivity contribution in [3.05, 3.63) is 0 Å². The molecule has 220 valence electrons. The van der Waals surface area contributed by atoms with Gasteiger partial charge in [0.05, 0.1) is 18.9 Å². The topological polar surface area (TPSA) is 63.6 Å². The van der Waals surface area contributed by atoms with E-state index in [1.165, 1.54) is 122 Å². The highest BCUT2D eigenvalue weighted by molar-refractivity contribution is 7.99. The highest BCUT2D eigenvalue weighted by atomic mass is 32.2. The molecule has 0 saturated carbocycles. The van der Waals surface area contributed by atoms with Crippen molar-refractivity contribution in [1.82, 2.24) is 0 Å². The highest BCUT2D eigenvalue weighted by Crippen LogP contribution is 2.20. The molecule has 0 rings (SSSR count). The Hall–Kier alpha value is -0.710. The van der Waals surface area contributed by atoms with Gasteiger partial charge >= 0.3 is 11.9 Å². The number of unbranched alkanes of at least 4 members (excludes halogenated alkanes) is 20. The van der Waals surface area contributed by atoms with Gasteiger partial charge in [-0.3, -0.25) is 9.59 Å². The molecule has 0 fully saturated rings. The van der Waals surface area contributed by atoms with Gasteiger partial charge in [-0.2, -0.15) is 11.8 Å². The Kier molecular flexibility index (Phi) is 29.3. The van der Waals surface area contributed by atoms with Crippen LogP contribution in [-0.2, 0) is 14.3 Å². The zero-order valence-corrected chi connectivity index (χ0v) is 25.6. The average molecular weight is 543 g/mol. The normalized spacial score (nSPS) is 12.1. The molecule has 37 heavy (non-hydrogen) atoms. The van der Waals surface area contributed by atoms with E-state index in [9.17, 15) is 9.59 Å². The van der Waals surface area contributed by atoms with E-state index in [1.807, 2.05) is 0 Å². The van der Waals surface area contributed by atoms with Gasteiger partial charge in [-0.05, 0) is 12.8 Å². The van der Waals surface area contributed by atoms with Gasteiger partial charge in [0.1, 0.15) is 0 Å². The lowest BCUT2D eigenvalue weighted by atomic mass is 10.0. The van der Waals surface area contributed by atoms with Gasteiger partial charge in [-0.25, -0.2) is 0 Å². The number of hydrogen-bond donors (Lipinski definition) is 1. The molecule has 0 aliphatic rings. The molecule has 0 aliphatic heterocycles. The van der Waals surface area contributed by atoms with Gasteiger partial charge in [0.2, 0.25) is 0 Å². The van der Waals surface area contributed by atoms with Gasteiger partial charge in [0.25, 0.3) is 0 Å². The van der Waals surface area contributed by atoms with Crippen molar-refractivity contribution < 1.29 is 19.4 Å². The van der Waals surface area contributed by atoms with E-state index in [-0.39, 0.29) is 18.3 Å². The van der Waals surface area contributed by atoms with Gasteiger partial charge in [-0.15, -0.1) is 0 Å². The quantitative estimate of drug-likeness (QED) is 0.0722. The van der Waals surface area contributed by atoms with Gasteiger partial charge in [-0.1, -0.05) is 149 Å². The minimum atomic E-state index is -0.770. The molecule has 0 saturated heterocycles. The Bertz CT molecular complexity index is 497. The van der Waals surface area contributed by atoms with E-state index in [0.29, 0.717) is 18.1 Å². The van der Waals surface area contributed by atoms with Crippen molar-refractivity contribution in [2.75, 3.05) is 18.1 Å². The molecular formula is C32H62O4S. The molecule has 5 heteroatoms. The highest BCUT2D eigenvalue weighted by Gasteiger charge is 2.20. The summed E-state index contributed by atoms with van der Waals surface area (Å²) in [6.07, 6.45) is 29.5. The summed E-state index contributed by atoms with van der Waals surface area (Å²) in [7, 11) is 0. The molecule has 1 atom stereocenters. The Morgan fingerprint density at radius 2 is 1.03 bits per heavy atom. The summed E-state index contributed by atoms with van der Waals surface area (Å²) in [4.78, 5) is 23.5.